The highest BCUT2D eigenvalue weighted by Gasteiger charge is 2.11. The number of hydrogen-bond donors (Lipinski definition) is 0. The van der Waals surface area contributed by atoms with Gasteiger partial charge in [0.05, 0.1) is 0 Å². The summed E-state index contributed by atoms with van der Waals surface area (Å²) in [5.74, 6) is 1.28. The lowest BCUT2D eigenvalue weighted by Gasteiger charge is -2.17. The van der Waals surface area contributed by atoms with Crippen LogP contribution in [0.5, 0.6) is 0 Å². The predicted molar refractivity (Wildman–Crippen MR) is 55.6 cm³/mol. The molecule has 1 nitrogen and oxygen atoms in total. The fourth-order valence-corrected chi connectivity index (χ4v) is 1.69. The lowest BCUT2D eigenvalue weighted by molar-refractivity contribution is 0.546. The summed E-state index contributed by atoms with van der Waals surface area (Å²) in [6.45, 7) is 4.50. The molecule has 0 aliphatic heterocycles. The number of halogens is 1. The molecular formula is C10H14BrN. The fraction of sp³-hybridized carbons (Fsp3) is 0.500. The second-order valence-corrected chi connectivity index (χ2v) is 3.85. The number of nitrogens with zero attached hydrogens (tertiary/aromatic N) is 1. The van der Waals surface area contributed by atoms with E-state index in [0.717, 1.165) is 5.33 Å². The SMILES string of the molecule is CC(CBr)C(C)c1ccncc1. The van der Waals surface area contributed by atoms with Crippen molar-refractivity contribution in [3.63, 3.8) is 0 Å². The van der Waals surface area contributed by atoms with Gasteiger partial charge in [0.2, 0.25) is 0 Å². The predicted octanol–water partition coefficient (Wildman–Crippen LogP) is 3.22. The minimum Gasteiger partial charge on any atom is -0.265 e. The Morgan fingerprint density at radius 2 is 1.92 bits per heavy atom. The number of alkyl halides is 1. The molecule has 12 heavy (non-hydrogen) atoms. The van der Waals surface area contributed by atoms with E-state index in [-0.39, 0.29) is 0 Å². The first-order valence-electron chi connectivity index (χ1n) is 4.21. The Hall–Kier alpha value is -0.370. The summed E-state index contributed by atoms with van der Waals surface area (Å²) >= 11 is 3.50. The zero-order chi connectivity index (χ0) is 8.97. The molecule has 0 radical (unpaired) electrons. The van der Waals surface area contributed by atoms with Crippen LogP contribution in [-0.4, -0.2) is 10.3 Å². The van der Waals surface area contributed by atoms with E-state index in [1.807, 2.05) is 12.4 Å². The molecule has 2 heteroatoms. The molecule has 0 aromatic carbocycles. The molecule has 2 unspecified atom stereocenters. The van der Waals surface area contributed by atoms with Gasteiger partial charge in [0, 0.05) is 17.7 Å². The maximum absolute atomic E-state index is 4.00. The number of hydrogen-bond acceptors (Lipinski definition) is 1. The van der Waals surface area contributed by atoms with Gasteiger partial charge in [0.15, 0.2) is 0 Å². The fourth-order valence-electron chi connectivity index (χ4n) is 1.13. The van der Waals surface area contributed by atoms with Crippen molar-refractivity contribution in [3.8, 4) is 0 Å². The van der Waals surface area contributed by atoms with Gasteiger partial charge in [-0.15, -0.1) is 0 Å². The number of pyridine rings is 1. The summed E-state index contributed by atoms with van der Waals surface area (Å²) in [4.78, 5) is 4.00. The monoisotopic (exact) mass is 227 g/mol. The van der Waals surface area contributed by atoms with Crippen molar-refractivity contribution < 1.29 is 0 Å². The first-order valence-corrected chi connectivity index (χ1v) is 5.33. The summed E-state index contributed by atoms with van der Waals surface area (Å²) in [6.07, 6.45) is 3.71. The topological polar surface area (TPSA) is 12.9 Å². The average Bonchev–Trinajstić information content (AvgIpc) is 2.17. The van der Waals surface area contributed by atoms with Crippen LogP contribution in [0.1, 0.15) is 25.3 Å². The summed E-state index contributed by atoms with van der Waals surface area (Å²) in [7, 11) is 0. The van der Waals surface area contributed by atoms with Gasteiger partial charge in [-0.3, -0.25) is 4.98 Å². The summed E-state index contributed by atoms with van der Waals surface area (Å²) in [5, 5.41) is 1.05. The summed E-state index contributed by atoms with van der Waals surface area (Å²) < 4.78 is 0. The second-order valence-electron chi connectivity index (χ2n) is 3.20. The van der Waals surface area contributed by atoms with Crippen LogP contribution in [0, 0.1) is 5.92 Å². The van der Waals surface area contributed by atoms with Gasteiger partial charge in [0.1, 0.15) is 0 Å². The van der Waals surface area contributed by atoms with Gasteiger partial charge < -0.3 is 0 Å². The van der Waals surface area contributed by atoms with Crippen LogP contribution < -0.4 is 0 Å². The minimum absolute atomic E-state index is 0.604. The normalized spacial score (nSPS) is 15.6. The van der Waals surface area contributed by atoms with Crippen molar-refractivity contribution in [2.45, 2.75) is 19.8 Å². The van der Waals surface area contributed by atoms with E-state index >= 15 is 0 Å². The lowest BCUT2D eigenvalue weighted by atomic mass is 9.91. The molecule has 0 fully saturated rings. The summed E-state index contributed by atoms with van der Waals surface area (Å²) in [5.41, 5.74) is 1.37. The minimum atomic E-state index is 0.604. The number of aromatic nitrogens is 1. The largest absolute Gasteiger partial charge is 0.265 e. The molecule has 1 rings (SSSR count). The third-order valence-corrected chi connectivity index (χ3v) is 3.35. The standard InChI is InChI=1S/C10H14BrN/c1-8(7-11)9(2)10-3-5-12-6-4-10/h3-6,8-9H,7H2,1-2H3. The second kappa shape index (κ2) is 4.61. The maximum atomic E-state index is 4.00. The number of rotatable bonds is 3. The molecule has 1 aromatic heterocycles. The molecule has 0 aliphatic carbocycles. The summed E-state index contributed by atoms with van der Waals surface area (Å²) in [6, 6.07) is 4.17. The van der Waals surface area contributed by atoms with E-state index in [0.29, 0.717) is 11.8 Å². The molecule has 0 spiro atoms. The molecule has 1 aromatic rings. The van der Waals surface area contributed by atoms with E-state index in [4.69, 9.17) is 0 Å². The third-order valence-electron chi connectivity index (χ3n) is 2.33. The van der Waals surface area contributed by atoms with Gasteiger partial charge in [-0.2, -0.15) is 0 Å². The Bertz CT molecular complexity index is 223. The molecule has 66 valence electrons. The zero-order valence-corrected chi connectivity index (χ0v) is 9.08. The molecule has 0 saturated heterocycles. The van der Waals surface area contributed by atoms with Crippen molar-refractivity contribution in [3.05, 3.63) is 30.1 Å². The van der Waals surface area contributed by atoms with E-state index < -0.39 is 0 Å². The van der Waals surface area contributed by atoms with Gasteiger partial charge in [-0.25, -0.2) is 0 Å². The highest BCUT2D eigenvalue weighted by atomic mass is 79.9. The third kappa shape index (κ3) is 2.31. The van der Waals surface area contributed by atoms with Gasteiger partial charge in [-0.05, 0) is 29.5 Å². The van der Waals surface area contributed by atoms with Crippen LogP contribution >= 0.6 is 15.9 Å². The first-order chi connectivity index (χ1) is 5.75. The van der Waals surface area contributed by atoms with Crippen LogP contribution in [0.2, 0.25) is 0 Å². The van der Waals surface area contributed by atoms with E-state index in [2.05, 4.69) is 46.9 Å². The quantitative estimate of drug-likeness (QED) is 0.724. The van der Waals surface area contributed by atoms with Crippen molar-refractivity contribution in [1.29, 1.82) is 0 Å². The van der Waals surface area contributed by atoms with E-state index in [1.165, 1.54) is 5.56 Å². The Labute approximate surface area is 82.3 Å². The van der Waals surface area contributed by atoms with Gasteiger partial charge in [0.25, 0.3) is 0 Å². The lowest BCUT2D eigenvalue weighted by Crippen LogP contribution is -2.07. The first kappa shape index (κ1) is 9.72. The molecule has 0 aliphatic rings. The zero-order valence-electron chi connectivity index (χ0n) is 7.50. The van der Waals surface area contributed by atoms with Crippen LogP contribution in [0.15, 0.2) is 24.5 Å². The highest BCUT2D eigenvalue weighted by Crippen LogP contribution is 2.24. The molecular weight excluding hydrogens is 214 g/mol. The molecule has 0 amide bonds. The molecule has 0 saturated carbocycles. The van der Waals surface area contributed by atoms with Crippen molar-refractivity contribution in [2.24, 2.45) is 5.92 Å². The molecule has 1 heterocycles. The van der Waals surface area contributed by atoms with Gasteiger partial charge in [-0.1, -0.05) is 29.8 Å². The van der Waals surface area contributed by atoms with Crippen molar-refractivity contribution in [2.75, 3.05) is 5.33 Å². The highest BCUT2D eigenvalue weighted by molar-refractivity contribution is 9.09. The Balaban J connectivity index is 2.71. The van der Waals surface area contributed by atoms with Crippen LogP contribution in [-0.2, 0) is 0 Å². The molecule has 2 atom stereocenters. The smallest absolute Gasteiger partial charge is 0.0270 e. The molecule has 0 N–H and O–H groups in total. The Morgan fingerprint density at radius 3 is 2.42 bits per heavy atom. The van der Waals surface area contributed by atoms with Crippen molar-refractivity contribution >= 4 is 15.9 Å². The van der Waals surface area contributed by atoms with Crippen LogP contribution in [0.3, 0.4) is 0 Å². The van der Waals surface area contributed by atoms with E-state index in [1.54, 1.807) is 0 Å². The van der Waals surface area contributed by atoms with Crippen LogP contribution in [0.4, 0.5) is 0 Å². The van der Waals surface area contributed by atoms with Crippen molar-refractivity contribution in [1.82, 2.24) is 4.98 Å². The molecule has 0 bridgehead atoms. The Morgan fingerprint density at radius 1 is 1.33 bits per heavy atom. The Kier molecular flexibility index (Phi) is 3.73. The van der Waals surface area contributed by atoms with Gasteiger partial charge >= 0.3 is 0 Å². The van der Waals surface area contributed by atoms with Crippen LogP contribution in [0.25, 0.3) is 0 Å². The maximum Gasteiger partial charge on any atom is 0.0270 e. The average molecular weight is 228 g/mol. The van der Waals surface area contributed by atoms with E-state index in [9.17, 15) is 0 Å².